The summed E-state index contributed by atoms with van der Waals surface area (Å²) in [5, 5.41) is 13.2. The summed E-state index contributed by atoms with van der Waals surface area (Å²) >= 11 is 0. The van der Waals surface area contributed by atoms with Crippen LogP contribution in [0.4, 0.5) is 21.7 Å². The van der Waals surface area contributed by atoms with Crippen molar-refractivity contribution in [2.75, 3.05) is 10.7 Å². The van der Waals surface area contributed by atoms with Crippen molar-refractivity contribution in [3.8, 4) is 0 Å². The van der Waals surface area contributed by atoms with Gasteiger partial charge in [0.2, 0.25) is 5.95 Å². The average molecular weight is 292 g/mol. The van der Waals surface area contributed by atoms with Gasteiger partial charge in [0.1, 0.15) is 5.56 Å². The molecule has 4 N–H and O–H groups in total. The van der Waals surface area contributed by atoms with Gasteiger partial charge < -0.3 is 5.43 Å². The number of hydrogen-bond donors (Lipinski definition) is 3. The Labute approximate surface area is 117 Å². The van der Waals surface area contributed by atoms with E-state index in [0.717, 1.165) is 6.07 Å². The first-order valence-electron chi connectivity index (χ1n) is 5.56. The van der Waals surface area contributed by atoms with Crippen LogP contribution >= 0.6 is 0 Å². The zero-order valence-corrected chi connectivity index (χ0v) is 10.4. The molecule has 1 aromatic carbocycles. The number of amides is 1. The minimum absolute atomic E-state index is 0.0385. The van der Waals surface area contributed by atoms with Gasteiger partial charge in [-0.3, -0.25) is 26.1 Å². The fourth-order valence-corrected chi connectivity index (χ4v) is 1.54. The lowest BCUT2D eigenvalue weighted by molar-refractivity contribution is -0.385. The van der Waals surface area contributed by atoms with Crippen LogP contribution in [0.5, 0.6) is 0 Å². The van der Waals surface area contributed by atoms with E-state index < -0.39 is 22.3 Å². The number of hydrazine groups is 1. The molecule has 0 saturated heterocycles. The topological polar surface area (TPSA) is 136 Å². The third-order valence-corrected chi connectivity index (χ3v) is 2.47. The van der Waals surface area contributed by atoms with Crippen molar-refractivity contribution >= 4 is 23.2 Å². The maximum atomic E-state index is 13.5. The van der Waals surface area contributed by atoms with Crippen LogP contribution in [0.1, 0.15) is 10.4 Å². The molecule has 0 aliphatic rings. The van der Waals surface area contributed by atoms with Crippen LogP contribution in [-0.2, 0) is 0 Å². The number of carbonyl (C=O) groups excluding carboxylic acids is 1. The van der Waals surface area contributed by atoms with Gasteiger partial charge in [-0.05, 0) is 12.1 Å². The molecule has 1 heterocycles. The van der Waals surface area contributed by atoms with Crippen LogP contribution in [0.2, 0.25) is 0 Å². The van der Waals surface area contributed by atoms with Crippen LogP contribution in [-0.4, -0.2) is 20.8 Å². The van der Waals surface area contributed by atoms with Gasteiger partial charge in [-0.1, -0.05) is 0 Å². The molecule has 0 aliphatic heterocycles. The second kappa shape index (κ2) is 5.88. The normalized spacial score (nSPS) is 10.0. The molecule has 2 rings (SSSR count). The van der Waals surface area contributed by atoms with E-state index in [4.69, 9.17) is 5.84 Å². The van der Waals surface area contributed by atoms with E-state index in [2.05, 4.69) is 15.3 Å². The summed E-state index contributed by atoms with van der Waals surface area (Å²) in [7, 11) is 0. The third kappa shape index (κ3) is 3.06. The summed E-state index contributed by atoms with van der Waals surface area (Å²) in [6.07, 6.45) is 2.77. The highest BCUT2D eigenvalue weighted by Gasteiger charge is 2.24. The molecule has 0 unspecified atom stereocenters. The number of hydrogen-bond acceptors (Lipinski definition) is 7. The second-order valence-corrected chi connectivity index (χ2v) is 3.78. The number of nitrogen functional groups attached to an aromatic ring is 1. The lowest BCUT2D eigenvalue weighted by Crippen LogP contribution is -2.17. The Morgan fingerprint density at radius 3 is 2.57 bits per heavy atom. The first-order chi connectivity index (χ1) is 10.0. The fourth-order valence-electron chi connectivity index (χ4n) is 1.54. The Morgan fingerprint density at radius 1 is 1.33 bits per heavy atom. The van der Waals surface area contributed by atoms with Crippen molar-refractivity contribution in [3.05, 3.63) is 52.1 Å². The molecule has 0 aliphatic carbocycles. The van der Waals surface area contributed by atoms with Gasteiger partial charge >= 0.3 is 0 Å². The number of aromatic nitrogens is 2. The van der Waals surface area contributed by atoms with E-state index in [1.54, 1.807) is 0 Å². The Bertz CT molecular complexity index is 694. The van der Waals surface area contributed by atoms with E-state index >= 15 is 0 Å². The summed E-state index contributed by atoms with van der Waals surface area (Å²) in [6.45, 7) is 0. The molecule has 2 aromatic rings. The number of nitrogens with one attached hydrogen (secondary N) is 2. The Hall–Kier alpha value is -3.14. The molecule has 0 fully saturated rings. The first kappa shape index (κ1) is 14.3. The second-order valence-electron chi connectivity index (χ2n) is 3.78. The van der Waals surface area contributed by atoms with E-state index in [1.807, 2.05) is 5.43 Å². The zero-order valence-electron chi connectivity index (χ0n) is 10.4. The number of halogens is 1. The highest BCUT2D eigenvalue weighted by atomic mass is 19.1. The van der Waals surface area contributed by atoms with Gasteiger partial charge in [-0.2, -0.15) is 0 Å². The van der Waals surface area contributed by atoms with Crippen LogP contribution in [0, 0.1) is 15.9 Å². The number of nitrogens with two attached hydrogens (primary N) is 1. The summed E-state index contributed by atoms with van der Waals surface area (Å²) in [5.41, 5.74) is 0.694. The molecule has 108 valence electrons. The van der Waals surface area contributed by atoms with Crippen molar-refractivity contribution in [2.45, 2.75) is 0 Å². The molecule has 0 spiro atoms. The quantitative estimate of drug-likeness (QED) is 0.435. The summed E-state index contributed by atoms with van der Waals surface area (Å²) < 4.78 is 13.5. The molecule has 0 saturated carbocycles. The van der Waals surface area contributed by atoms with E-state index in [1.165, 1.54) is 18.5 Å². The number of carbonyl (C=O) groups is 1. The van der Waals surface area contributed by atoms with Crippen molar-refractivity contribution in [2.24, 2.45) is 5.84 Å². The van der Waals surface area contributed by atoms with Gasteiger partial charge in [-0.15, -0.1) is 0 Å². The highest BCUT2D eigenvalue weighted by molar-refractivity contribution is 6.06. The standard InChI is InChI=1S/C11H9FN6O3/c12-7-5-9(18(20)21)6(4-8(7)17-13)10(19)16-11-14-2-1-3-15-11/h1-5,17H,13H2,(H,14,15,16,19). The van der Waals surface area contributed by atoms with Crippen molar-refractivity contribution < 1.29 is 14.1 Å². The Kier molecular flexibility index (Phi) is 4.00. The molecule has 1 aromatic heterocycles. The van der Waals surface area contributed by atoms with Gasteiger partial charge in [0.15, 0.2) is 5.82 Å². The molecule has 9 nitrogen and oxygen atoms in total. The van der Waals surface area contributed by atoms with Crippen LogP contribution < -0.4 is 16.6 Å². The maximum absolute atomic E-state index is 13.5. The summed E-state index contributed by atoms with van der Waals surface area (Å²) in [5.74, 6) is 3.24. The van der Waals surface area contributed by atoms with Crippen molar-refractivity contribution in [1.29, 1.82) is 0 Å². The number of nitrogens with zero attached hydrogens (tertiary/aromatic N) is 3. The third-order valence-electron chi connectivity index (χ3n) is 2.47. The van der Waals surface area contributed by atoms with Crippen molar-refractivity contribution in [3.63, 3.8) is 0 Å². The monoisotopic (exact) mass is 292 g/mol. The minimum Gasteiger partial charge on any atom is -0.321 e. The minimum atomic E-state index is -0.947. The van der Waals surface area contributed by atoms with E-state index in [-0.39, 0.29) is 17.2 Å². The lowest BCUT2D eigenvalue weighted by atomic mass is 10.1. The molecule has 0 atom stereocenters. The maximum Gasteiger partial charge on any atom is 0.285 e. The van der Waals surface area contributed by atoms with Gasteiger partial charge in [0.05, 0.1) is 16.7 Å². The van der Waals surface area contributed by atoms with Gasteiger partial charge in [0.25, 0.3) is 11.6 Å². The van der Waals surface area contributed by atoms with E-state index in [0.29, 0.717) is 6.07 Å². The predicted octanol–water partition coefficient (Wildman–Crippen LogP) is 1.06. The van der Waals surface area contributed by atoms with Crippen LogP contribution in [0.15, 0.2) is 30.6 Å². The summed E-state index contributed by atoms with van der Waals surface area (Å²) in [4.78, 5) is 29.6. The van der Waals surface area contributed by atoms with Gasteiger partial charge in [-0.25, -0.2) is 14.4 Å². The molecular weight excluding hydrogens is 283 g/mol. The largest absolute Gasteiger partial charge is 0.321 e. The SMILES string of the molecule is NNc1cc(C(=O)Nc2ncccn2)c([N+](=O)[O-])cc1F. The molecular formula is C11H9FN6O3. The predicted molar refractivity (Wildman–Crippen MR) is 70.8 cm³/mol. The molecule has 0 radical (unpaired) electrons. The Balaban J connectivity index is 2.41. The van der Waals surface area contributed by atoms with Crippen molar-refractivity contribution in [1.82, 2.24) is 9.97 Å². The fraction of sp³-hybridized carbons (Fsp3) is 0. The molecule has 21 heavy (non-hydrogen) atoms. The summed E-state index contributed by atoms with van der Waals surface area (Å²) in [6, 6.07) is 3.08. The van der Waals surface area contributed by atoms with Crippen LogP contribution in [0.3, 0.4) is 0 Å². The average Bonchev–Trinajstić information content (AvgIpc) is 2.47. The number of nitro benzene ring substituents is 1. The zero-order chi connectivity index (χ0) is 15.4. The van der Waals surface area contributed by atoms with Gasteiger partial charge in [0, 0.05) is 12.4 Å². The molecule has 0 bridgehead atoms. The van der Waals surface area contributed by atoms with Crippen LogP contribution in [0.25, 0.3) is 0 Å². The first-order valence-corrected chi connectivity index (χ1v) is 5.56. The molecule has 10 heteroatoms. The lowest BCUT2D eigenvalue weighted by Gasteiger charge is -2.07. The molecule has 1 amide bonds. The number of benzene rings is 1. The number of nitro groups is 1. The van der Waals surface area contributed by atoms with E-state index in [9.17, 15) is 19.3 Å². The number of rotatable bonds is 4. The number of anilines is 2. The Morgan fingerprint density at radius 2 is 2.00 bits per heavy atom. The smallest absolute Gasteiger partial charge is 0.285 e. The highest BCUT2D eigenvalue weighted by Crippen LogP contribution is 2.26.